The number of rotatable bonds is 2. The first-order valence-corrected chi connectivity index (χ1v) is 5.38. The van der Waals surface area contributed by atoms with E-state index >= 15 is 0 Å². The number of benzene rings is 1. The summed E-state index contributed by atoms with van der Waals surface area (Å²) in [7, 11) is 0. The summed E-state index contributed by atoms with van der Waals surface area (Å²) in [6, 6.07) is 3.54. The van der Waals surface area contributed by atoms with Gasteiger partial charge in [-0.25, -0.2) is 4.79 Å². The quantitative estimate of drug-likeness (QED) is 0.849. The number of carbonyl (C=O) groups is 1. The number of halogens is 1. The fourth-order valence-corrected chi connectivity index (χ4v) is 1.96. The molecule has 1 aromatic carbocycles. The molecule has 0 radical (unpaired) electrons. The number of carboxylic acids is 1. The van der Waals surface area contributed by atoms with Gasteiger partial charge >= 0.3 is 5.97 Å². The van der Waals surface area contributed by atoms with Crippen molar-refractivity contribution in [1.29, 1.82) is 0 Å². The topological polar surface area (TPSA) is 55.8 Å². The minimum atomic E-state index is -0.936. The van der Waals surface area contributed by atoms with Crippen LogP contribution in [0.3, 0.4) is 0 Å². The summed E-state index contributed by atoms with van der Waals surface area (Å²) in [6.07, 6.45) is 1.58. The van der Waals surface area contributed by atoms with Gasteiger partial charge in [0.1, 0.15) is 0 Å². The molecule has 0 saturated carbocycles. The van der Waals surface area contributed by atoms with Gasteiger partial charge in [-0.2, -0.15) is 0 Å². The van der Waals surface area contributed by atoms with E-state index in [1.807, 2.05) is 0 Å². The number of ether oxygens (including phenoxy) is 2. The van der Waals surface area contributed by atoms with E-state index in [0.29, 0.717) is 11.5 Å². The Morgan fingerprint density at radius 1 is 1.50 bits per heavy atom. The van der Waals surface area contributed by atoms with E-state index in [1.54, 1.807) is 25.1 Å². The van der Waals surface area contributed by atoms with Crippen LogP contribution in [0.5, 0.6) is 11.5 Å². The Morgan fingerprint density at radius 3 is 2.94 bits per heavy atom. The van der Waals surface area contributed by atoms with Crippen molar-refractivity contribution in [2.24, 2.45) is 0 Å². The summed E-state index contributed by atoms with van der Waals surface area (Å²) in [5.41, 5.74) is 1.03. The maximum absolute atomic E-state index is 10.7. The molecule has 0 unspecified atom stereocenters. The summed E-state index contributed by atoms with van der Waals surface area (Å²) in [4.78, 5) is 10.7. The molecule has 16 heavy (non-hydrogen) atoms. The maximum Gasteiger partial charge on any atom is 0.331 e. The molecule has 5 heteroatoms. The van der Waals surface area contributed by atoms with Crippen LogP contribution in [0, 0.1) is 0 Å². The molecule has 0 fully saturated rings. The van der Waals surface area contributed by atoms with Crippen molar-refractivity contribution < 1.29 is 19.4 Å². The summed E-state index contributed by atoms with van der Waals surface area (Å²) in [6.45, 7) is 1.74. The zero-order valence-corrected chi connectivity index (χ0v) is 10.1. The Bertz CT molecular complexity index is 479. The monoisotopic (exact) mass is 284 g/mol. The Morgan fingerprint density at radius 2 is 2.25 bits per heavy atom. The standard InChI is InChI=1S/C11H9BrO4/c1-6(11(13)14)2-7-3-8(12)10-9(4-7)15-5-16-10/h2-4H,5H2,1H3,(H,13,14). The Hall–Kier alpha value is -1.49. The predicted octanol–water partition coefficient (Wildman–Crippen LogP) is 2.67. The molecule has 0 spiro atoms. The van der Waals surface area contributed by atoms with Crippen LogP contribution < -0.4 is 9.47 Å². The van der Waals surface area contributed by atoms with Gasteiger partial charge in [-0.1, -0.05) is 0 Å². The van der Waals surface area contributed by atoms with Crippen LogP contribution >= 0.6 is 15.9 Å². The Labute approximate surface area is 101 Å². The number of hydrogen-bond donors (Lipinski definition) is 1. The molecular formula is C11H9BrO4. The van der Waals surface area contributed by atoms with Crippen molar-refractivity contribution >= 4 is 28.0 Å². The normalized spacial score (nSPS) is 14.0. The second-order valence-corrected chi connectivity index (χ2v) is 4.22. The molecule has 0 saturated heterocycles. The highest BCUT2D eigenvalue weighted by Crippen LogP contribution is 2.40. The molecule has 4 nitrogen and oxygen atoms in total. The summed E-state index contributed by atoms with van der Waals surface area (Å²) in [5, 5.41) is 8.77. The lowest BCUT2D eigenvalue weighted by Gasteiger charge is -2.02. The minimum absolute atomic E-state index is 0.193. The van der Waals surface area contributed by atoms with Crippen LogP contribution in [-0.2, 0) is 4.79 Å². The molecule has 2 rings (SSSR count). The molecule has 0 amide bonds. The van der Waals surface area contributed by atoms with Crippen molar-refractivity contribution in [2.45, 2.75) is 6.92 Å². The lowest BCUT2D eigenvalue weighted by molar-refractivity contribution is -0.132. The first-order chi connectivity index (χ1) is 7.58. The van der Waals surface area contributed by atoms with Crippen molar-refractivity contribution in [3.05, 3.63) is 27.7 Å². The first-order valence-electron chi connectivity index (χ1n) is 4.58. The van der Waals surface area contributed by atoms with Crippen LogP contribution in [0.1, 0.15) is 12.5 Å². The summed E-state index contributed by atoms with van der Waals surface area (Å²) < 4.78 is 11.2. The van der Waals surface area contributed by atoms with Crippen LogP contribution in [0.2, 0.25) is 0 Å². The largest absolute Gasteiger partial charge is 0.478 e. The van der Waals surface area contributed by atoms with Gasteiger partial charge in [0.2, 0.25) is 6.79 Å². The van der Waals surface area contributed by atoms with E-state index in [-0.39, 0.29) is 12.4 Å². The number of fused-ring (bicyclic) bond motifs is 1. The zero-order valence-electron chi connectivity index (χ0n) is 8.49. The highest BCUT2D eigenvalue weighted by atomic mass is 79.9. The lowest BCUT2D eigenvalue weighted by Crippen LogP contribution is -1.95. The van der Waals surface area contributed by atoms with Gasteiger partial charge < -0.3 is 14.6 Å². The average Bonchev–Trinajstić information content (AvgIpc) is 2.65. The first kappa shape index (κ1) is 11.0. The van der Waals surface area contributed by atoms with Gasteiger partial charge in [-0.15, -0.1) is 0 Å². The fourth-order valence-electron chi connectivity index (χ4n) is 1.38. The predicted molar refractivity (Wildman–Crippen MR) is 61.6 cm³/mol. The van der Waals surface area contributed by atoms with E-state index in [1.165, 1.54) is 0 Å². The molecule has 84 valence electrons. The molecule has 1 aliphatic heterocycles. The molecule has 1 N–H and O–H groups in total. The molecule has 1 heterocycles. The second-order valence-electron chi connectivity index (χ2n) is 3.37. The van der Waals surface area contributed by atoms with Crippen molar-refractivity contribution in [1.82, 2.24) is 0 Å². The van der Waals surface area contributed by atoms with Crippen LogP contribution in [0.25, 0.3) is 6.08 Å². The van der Waals surface area contributed by atoms with Gasteiger partial charge in [0.05, 0.1) is 4.47 Å². The van der Waals surface area contributed by atoms with Crippen LogP contribution in [0.4, 0.5) is 0 Å². The third kappa shape index (κ3) is 2.04. The van der Waals surface area contributed by atoms with E-state index in [9.17, 15) is 4.79 Å². The Kier molecular flexibility index (Phi) is 2.87. The van der Waals surface area contributed by atoms with Crippen LogP contribution in [0.15, 0.2) is 22.2 Å². The molecule has 0 aromatic heterocycles. The number of aliphatic carboxylic acids is 1. The molecule has 0 aliphatic carbocycles. The number of hydrogen-bond acceptors (Lipinski definition) is 3. The van der Waals surface area contributed by atoms with Gasteiger partial charge in [0.25, 0.3) is 0 Å². The Balaban J connectivity index is 2.41. The molecule has 0 bridgehead atoms. The molecule has 0 atom stereocenters. The maximum atomic E-state index is 10.7. The SMILES string of the molecule is CC(=Cc1cc(Br)c2c(c1)OCO2)C(=O)O. The van der Waals surface area contributed by atoms with E-state index in [0.717, 1.165) is 10.0 Å². The smallest absolute Gasteiger partial charge is 0.331 e. The van der Waals surface area contributed by atoms with E-state index < -0.39 is 5.97 Å². The summed E-state index contributed by atoms with van der Waals surface area (Å²) in [5.74, 6) is 0.345. The molecule has 1 aliphatic rings. The number of carboxylic acid groups (broad SMARTS) is 1. The van der Waals surface area contributed by atoms with Crippen molar-refractivity contribution in [3.8, 4) is 11.5 Å². The third-order valence-corrected chi connectivity index (χ3v) is 2.76. The van der Waals surface area contributed by atoms with E-state index in [2.05, 4.69) is 15.9 Å². The fraction of sp³-hybridized carbons (Fsp3) is 0.182. The van der Waals surface area contributed by atoms with Gasteiger partial charge in [0, 0.05) is 5.57 Å². The zero-order chi connectivity index (χ0) is 11.7. The van der Waals surface area contributed by atoms with Gasteiger partial charge in [0.15, 0.2) is 11.5 Å². The van der Waals surface area contributed by atoms with Gasteiger partial charge in [-0.3, -0.25) is 0 Å². The highest BCUT2D eigenvalue weighted by molar-refractivity contribution is 9.10. The van der Waals surface area contributed by atoms with E-state index in [4.69, 9.17) is 14.6 Å². The summed E-state index contributed by atoms with van der Waals surface area (Å²) >= 11 is 3.34. The minimum Gasteiger partial charge on any atom is -0.478 e. The second kappa shape index (κ2) is 4.17. The average molecular weight is 285 g/mol. The molecular weight excluding hydrogens is 276 g/mol. The van der Waals surface area contributed by atoms with Gasteiger partial charge in [-0.05, 0) is 46.6 Å². The van der Waals surface area contributed by atoms with Crippen molar-refractivity contribution in [2.75, 3.05) is 6.79 Å². The third-order valence-electron chi connectivity index (χ3n) is 2.17. The highest BCUT2D eigenvalue weighted by Gasteiger charge is 2.17. The lowest BCUT2D eigenvalue weighted by atomic mass is 10.1. The van der Waals surface area contributed by atoms with Crippen LogP contribution in [-0.4, -0.2) is 17.9 Å². The van der Waals surface area contributed by atoms with Crippen molar-refractivity contribution in [3.63, 3.8) is 0 Å². The molecule has 1 aromatic rings.